The van der Waals surface area contributed by atoms with Crippen LogP contribution in [0.1, 0.15) is 5.56 Å². The molecule has 0 radical (unpaired) electrons. The molecule has 1 aromatic heterocycles. The molecule has 0 saturated heterocycles. The van der Waals surface area contributed by atoms with Gasteiger partial charge in [-0.3, -0.25) is 15.5 Å². The number of pyridine rings is 1. The Hall–Kier alpha value is -2.83. The maximum atomic E-state index is 12.7. The first kappa shape index (κ1) is 12.6. The van der Waals surface area contributed by atoms with E-state index in [0.717, 1.165) is 0 Å². The van der Waals surface area contributed by atoms with Crippen LogP contribution in [-0.2, 0) is 0 Å². The molecule has 1 heterocycles. The Morgan fingerprint density at radius 3 is 2.74 bits per heavy atom. The number of hydrogen-bond acceptors (Lipinski definition) is 5. The zero-order chi connectivity index (χ0) is 13.7. The molecule has 0 aliphatic carbocycles. The van der Waals surface area contributed by atoms with Crippen molar-refractivity contribution in [1.82, 2.24) is 4.98 Å². The molecule has 0 unspecified atom stereocenters. The molecule has 7 heteroatoms. The van der Waals surface area contributed by atoms with E-state index >= 15 is 0 Å². The van der Waals surface area contributed by atoms with E-state index in [-0.39, 0.29) is 17.3 Å². The number of rotatable bonds is 4. The first-order chi connectivity index (χ1) is 9.16. The lowest BCUT2D eigenvalue weighted by molar-refractivity contribution is -0.384. The summed E-state index contributed by atoms with van der Waals surface area (Å²) < 4.78 is 12.7. The average molecular weight is 260 g/mol. The van der Waals surface area contributed by atoms with Gasteiger partial charge in [0.1, 0.15) is 5.82 Å². The van der Waals surface area contributed by atoms with Crippen LogP contribution in [0.3, 0.4) is 0 Å². The normalized spacial score (nSPS) is 10.6. The van der Waals surface area contributed by atoms with Gasteiger partial charge in [0.25, 0.3) is 0 Å². The number of aromatic nitrogens is 1. The molecule has 0 spiro atoms. The van der Waals surface area contributed by atoms with Gasteiger partial charge in [-0.15, -0.1) is 0 Å². The van der Waals surface area contributed by atoms with Crippen molar-refractivity contribution in [3.05, 3.63) is 64.1 Å². The average Bonchev–Trinajstić information content (AvgIpc) is 2.41. The summed E-state index contributed by atoms with van der Waals surface area (Å²) in [7, 11) is 0. The van der Waals surface area contributed by atoms with Gasteiger partial charge in [0.05, 0.1) is 11.1 Å². The number of nitrogens with one attached hydrogen (secondary N) is 1. The topological polar surface area (TPSA) is 80.4 Å². The minimum Gasteiger partial charge on any atom is -0.258 e. The van der Waals surface area contributed by atoms with Crippen LogP contribution < -0.4 is 5.43 Å². The van der Waals surface area contributed by atoms with Crippen LogP contribution in [0.2, 0.25) is 0 Å². The summed E-state index contributed by atoms with van der Waals surface area (Å²) in [6.45, 7) is 0. The number of anilines is 1. The van der Waals surface area contributed by atoms with Crippen LogP contribution in [0.25, 0.3) is 0 Å². The molecule has 0 aliphatic heterocycles. The van der Waals surface area contributed by atoms with Crippen LogP contribution in [-0.4, -0.2) is 16.1 Å². The molecule has 19 heavy (non-hydrogen) atoms. The van der Waals surface area contributed by atoms with Crippen molar-refractivity contribution >= 4 is 17.7 Å². The summed E-state index contributed by atoms with van der Waals surface area (Å²) in [5, 5.41) is 14.5. The number of hydrazone groups is 1. The Morgan fingerprint density at radius 2 is 2.05 bits per heavy atom. The number of benzene rings is 1. The molecule has 1 aromatic carbocycles. The van der Waals surface area contributed by atoms with Crippen molar-refractivity contribution < 1.29 is 9.31 Å². The van der Waals surface area contributed by atoms with Crippen molar-refractivity contribution in [2.75, 3.05) is 5.43 Å². The van der Waals surface area contributed by atoms with E-state index in [1.807, 2.05) is 0 Å². The third kappa shape index (κ3) is 3.32. The highest BCUT2D eigenvalue weighted by molar-refractivity contribution is 5.80. The summed E-state index contributed by atoms with van der Waals surface area (Å²) in [4.78, 5) is 14.0. The Bertz CT molecular complexity index is 613. The molecule has 0 atom stereocenters. The second-order valence-electron chi connectivity index (χ2n) is 3.55. The fourth-order valence-electron chi connectivity index (χ4n) is 1.35. The summed E-state index contributed by atoms with van der Waals surface area (Å²) in [6.07, 6.45) is 2.83. The van der Waals surface area contributed by atoms with Crippen LogP contribution >= 0.6 is 0 Å². The van der Waals surface area contributed by atoms with Gasteiger partial charge in [-0.25, -0.2) is 9.37 Å². The van der Waals surface area contributed by atoms with E-state index in [1.54, 1.807) is 0 Å². The van der Waals surface area contributed by atoms with E-state index in [0.29, 0.717) is 5.56 Å². The first-order valence-electron chi connectivity index (χ1n) is 5.31. The molecule has 0 aliphatic rings. The molecule has 96 valence electrons. The van der Waals surface area contributed by atoms with Crippen molar-refractivity contribution in [2.24, 2.45) is 5.10 Å². The second kappa shape index (κ2) is 5.67. The monoisotopic (exact) mass is 260 g/mol. The standard InChI is InChI=1S/C12H9FN4O2/c13-10-5-3-9(4-6-10)8-15-16-12-11(17(18)19)2-1-7-14-12/h1-8H,(H,14,16)/b15-8-. The Balaban J connectivity index is 2.10. The summed E-state index contributed by atoms with van der Waals surface area (Å²) in [5.41, 5.74) is 2.97. The molecule has 0 saturated carbocycles. The zero-order valence-electron chi connectivity index (χ0n) is 9.65. The van der Waals surface area contributed by atoms with Gasteiger partial charge >= 0.3 is 5.69 Å². The van der Waals surface area contributed by atoms with Gasteiger partial charge in [-0.05, 0) is 23.8 Å². The zero-order valence-corrected chi connectivity index (χ0v) is 9.65. The molecular formula is C12H9FN4O2. The fourth-order valence-corrected chi connectivity index (χ4v) is 1.35. The van der Waals surface area contributed by atoms with Crippen molar-refractivity contribution in [3.8, 4) is 0 Å². The van der Waals surface area contributed by atoms with E-state index in [9.17, 15) is 14.5 Å². The second-order valence-corrected chi connectivity index (χ2v) is 3.55. The third-order valence-corrected chi connectivity index (χ3v) is 2.24. The summed E-state index contributed by atoms with van der Waals surface area (Å²) in [6, 6.07) is 8.45. The van der Waals surface area contributed by atoms with Gasteiger partial charge in [-0.1, -0.05) is 12.1 Å². The Morgan fingerprint density at radius 1 is 1.32 bits per heavy atom. The van der Waals surface area contributed by atoms with Gasteiger partial charge in [-0.2, -0.15) is 5.10 Å². The van der Waals surface area contributed by atoms with Crippen LogP contribution in [0, 0.1) is 15.9 Å². The molecule has 6 nitrogen and oxygen atoms in total. The van der Waals surface area contributed by atoms with Crippen LogP contribution in [0.5, 0.6) is 0 Å². The maximum absolute atomic E-state index is 12.7. The highest BCUT2D eigenvalue weighted by Crippen LogP contribution is 2.19. The lowest BCUT2D eigenvalue weighted by Gasteiger charge is -1.99. The van der Waals surface area contributed by atoms with Gasteiger partial charge in [0.2, 0.25) is 5.82 Å². The molecule has 0 fully saturated rings. The number of nitrogens with zero attached hydrogens (tertiary/aromatic N) is 3. The minimum absolute atomic E-state index is 0.0471. The van der Waals surface area contributed by atoms with E-state index < -0.39 is 4.92 Å². The smallest absolute Gasteiger partial charge is 0.258 e. The molecule has 0 amide bonds. The lowest BCUT2D eigenvalue weighted by atomic mass is 10.2. The number of nitro groups is 1. The van der Waals surface area contributed by atoms with Gasteiger partial charge in [0, 0.05) is 12.3 Å². The molecule has 0 bridgehead atoms. The minimum atomic E-state index is -0.553. The Kier molecular flexibility index (Phi) is 3.77. The number of hydrogen-bond donors (Lipinski definition) is 1. The van der Waals surface area contributed by atoms with Crippen LogP contribution in [0.4, 0.5) is 15.9 Å². The SMILES string of the molecule is O=[N+]([O-])c1cccnc1N/N=C\c1ccc(F)cc1. The molecule has 1 N–H and O–H groups in total. The van der Waals surface area contributed by atoms with E-state index in [1.165, 1.54) is 48.8 Å². The van der Waals surface area contributed by atoms with E-state index in [4.69, 9.17) is 0 Å². The van der Waals surface area contributed by atoms with Crippen molar-refractivity contribution in [1.29, 1.82) is 0 Å². The third-order valence-electron chi connectivity index (χ3n) is 2.24. The van der Waals surface area contributed by atoms with Gasteiger partial charge in [0.15, 0.2) is 0 Å². The predicted octanol–water partition coefficient (Wildman–Crippen LogP) is 2.57. The van der Waals surface area contributed by atoms with E-state index in [2.05, 4.69) is 15.5 Å². The molecular weight excluding hydrogens is 251 g/mol. The fraction of sp³-hybridized carbons (Fsp3) is 0. The summed E-state index contributed by atoms with van der Waals surface area (Å²) in [5.74, 6) is -0.295. The highest BCUT2D eigenvalue weighted by Gasteiger charge is 2.12. The molecule has 2 aromatic rings. The van der Waals surface area contributed by atoms with Crippen molar-refractivity contribution in [3.63, 3.8) is 0 Å². The summed E-state index contributed by atoms with van der Waals surface area (Å²) >= 11 is 0. The quantitative estimate of drug-likeness (QED) is 0.520. The molecule has 2 rings (SSSR count). The highest BCUT2D eigenvalue weighted by atomic mass is 19.1. The van der Waals surface area contributed by atoms with Crippen molar-refractivity contribution in [2.45, 2.75) is 0 Å². The van der Waals surface area contributed by atoms with Crippen LogP contribution in [0.15, 0.2) is 47.7 Å². The number of halogens is 1. The predicted molar refractivity (Wildman–Crippen MR) is 68.5 cm³/mol. The lowest BCUT2D eigenvalue weighted by Crippen LogP contribution is -1.98. The van der Waals surface area contributed by atoms with Gasteiger partial charge < -0.3 is 0 Å². The maximum Gasteiger partial charge on any atom is 0.313 e. The Labute approximate surface area is 107 Å². The first-order valence-corrected chi connectivity index (χ1v) is 5.31. The largest absolute Gasteiger partial charge is 0.313 e.